The van der Waals surface area contributed by atoms with E-state index in [-0.39, 0.29) is 11.8 Å². The molecule has 2 aromatic heterocycles. The van der Waals surface area contributed by atoms with Crippen LogP contribution in [-0.4, -0.2) is 28.3 Å². The number of nitrogens with one attached hydrogen (secondary N) is 1. The quantitative estimate of drug-likeness (QED) is 0.719. The molecule has 0 saturated heterocycles. The van der Waals surface area contributed by atoms with Crippen LogP contribution < -0.4 is 10.2 Å². The van der Waals surface area contributed by atoms with Crippen molar-refractivity contribution < 1.29 is 9.59 Å². The minimum absolute atomic E-state index is 0.0239. The van der Waals surface area contributed by atoms with Gasteiger partial charge in [0.05, 0.1) is 5.69 Å². The molecule has 7 heteroatoms. The van der Waals surface area contributed by atoms with Crippen molar-refractivity contribution in [2.45, 2.75) is 26.2 Å². The van der Waals surface area contributed by atoms with Gasteiger partial charge >= 0.3 is 0 Å². The van der Waals surface area contributed by atoms with Gasteiger partial charge in [-0.05, 0) is 42.7 Å². The lowest BCUT2D eigenvalue weighted by molar-refractivity contribution is -0.117. The van der Waals surface area contributed by atoms with E-state index in [0.29, 0.717) is 25.1 Å². The number of anilines is 2. The summed E-state index contributed by atoms with van der Waals surface area (Å²) in [4.78, 5) is 34.5. The molecule has 0 fully saturated rings. The molecule has 1 N–H and O–H groups in total. The molecule has 6 nitrogen and oxygen atoms in total. The number of aryl methyl sites for hydroxylation is 1. The summed E-state index contributed by atoms with van der Waals surface area (Å²) in [7, 11) is 0. The lowest BCUT2D eigenvalue weighted by atomic mass is 10.1. The summed E-state index contributed by atoms with van der Waals surface area (Å²) in [6, 6.07) is 9.60. The highest BCUT2D eigenvalue weighted by atomic mass is 32.1. The third kappa shape index (κ3) is 3.94. The van der Waals surface area contributed by atoms with Crippen molar-refractivity contribution in [3.8, 4) is 10.6 Å². The Kier molecular flexibility index (Phi) is 5.16. The van der Waals surface area contributed by atoms with Crippen LogP contribution in [0.4, 0.5) is 11.4 Å². The van der Waals surface area contributed by atoms with Gasteiger partial charge in [-0.1, -0.05) is 6.07 Å². The van der Waals surface area contributed by atoms with E-state index < -0.39 is 0 Å². The summed E-state index contributed by atoms with van der Waals surface area (Å²) in [5.74, 6) is -0.0402. The number of rotatable bonds is 5. The zero-order chi connectivity index (χ0) is 19.5. The highest BCUT2D eigenvalue weighted by Crippen LogP contribution is 2.31. The normalized spacial score (nSPS) is 12.7. The average molecular weight is 392 g/mol. The molecule has 0 atom stereocenters. The monoisotopic (exact) mass is 392 g/mol. The highest BCUT2D eigenvalue weighted by molar-refractivity contribution is 7.13. The lowest BCUT2D eigenvalue weighted by Crippen LogP contribution is -2.25. The molecule has 0 bridgehead atoms. The summed E-state index contributed by atoms with van der Waals surface area (Å²) in [6.45, 7) is 2.26. The molecular weight excluding hydrogens is 372 g/mol. The molecule has 1 aliphatic rings. The fourth-order valence-corrected chi connectivity index (χ4v) is 4.16. The maximum atomic E-state index is 12.4. The minimum Gasteiger partial charge on any atom is -0.326 e. The van der Waals surface area contributed by atoms with Crippen LogP contribution in [0.25, 0.3) is 10.6 Å². The molecule has 4 rings (SSSR count). The number of hydrogen-bond donors (Lipinski definition) is 1. The maximum Gasteiger partial charge on any atom is 0.224 e. The summed E-state index contributed by atoms with van der Waals surface area (Å²) in [5.41, 5.74) is 4.69. The van der Waals surface area contributed by atoms with Gasteiger partial charge in [0.15, 0.2) is 0 Å². The number of carbonyl (C=O) groups excluding carboxylic acids is 2. The van der Waals surface area contributed by atoms with E-state index >= 15 is 0 Å². The van der Waals surface area contributed by atoms with Crippen LogP contribution in [-0.2, 0) is 22.4 Å². The van der Waals surface area contributed by atoms with E-state index in [9.17, 15) is 9.59 Å². The number of nitrogens with zero attached hydrogens (tertiary/aromatic N) is 3. The predicted molar refractivity (Wildman–Crippen MR) is 110 cm³/mol. The van der Waals surface area contributed by atoms with Gasteiger partial charge in [0, 0.05) is 54.6 Å². The van der Waals surface area contributed by atoms with Crippen LogP contribution in [0.15, 0.2) is 48.1 Å². The first-order valence-corrected chi connectivity index (χ1v) is 10.0. The molecule has 28 heavy (non-hydrogen) atoms. The van der Waals surface area contributed by atoms with Gasteiger partial charge in [-0.3, -0.25) is 14.6 Å². The predicted octanol–water partition coefficient (Wildman–Crippen LogP) is 3.69. The van der Waals surface area contributed by atoms with Gasteiger partial charge in [-0.15, -0.1) is 11.3 Å². The number of aromatic nitrogens is 2. The van der Waals surface area contributed by atoms with E-state index in [0.717, 1.165) is 33.9 Å². The van der Waals surface area contributed by atoms with Crippen molar-refractivity contribution in [3.05, 3.63) is 59.4 Å². The SMILES string of the molecule is CC(=O)N1CCc2ccc(NC(=O)CCc3csc(-c4ccncc4)n3)cc21. The summed E-state index contributed by atoms with van der Waals surface area (Å²) in [5, 5.41) is 5.85. The van der Waals surface area contributed by atoms with Crippen LogP contribution in [0, 0.1) is 0 Å². The van der Waals surface area contributed by atoms with Crippen molar-refractivity contribution in [1.29, 1.82) is 0 Å². The highest BCUT2D eigenvalue weighted by Gasteiger charge is 2.22. The Morgan fingerprint density at radius 2 is 2.04 bits per heavy atom. The van der Waals surface area contributed by atoms with Crippen LogP contribution in [0.2, 0.25) is 0 Å². The lowest BCUT2D eigenvalue weighted by Gasteiger charge is -2.15. The minimum atomic E-state index is -0.0641. The van der Waals surface area contributed by atoms with Crippen molar-refractivity contribution in [1.82, 2.24) is 9.97 Å². The molecule has 1 aromatic carbocycles. The number of hydrogen-bond acceptors (Lipinski definition) is 5. The number of amides is 2. The van der Waals surface area contributed by atoms with Gasteiger partial charge in [-0.2, -0.15) is 0 Å². The summed E-state index contributed by atoms with van der Waals surface area (Å²) >= 11 is 1.57. The molecule has 3 heterocycles. The Morgan fingerprint density at radius 3 is 2.82 bits per heavy atom. The molecular formula is C21H20N4O2S. The largest absolute Gasteiger partial charge is 0.326 e. The Morgan fingerprint density at radius 1 is 1.21 bits per heavy atom. The van der Waals surface area contributed by atoms with Crippen molar-refractivity contribution >= 4 is 34.5 Å². The molecule has 0 spiro atoms. The van der Waals surface area contributed by atoms with Crippen LogP contribution in [0.5, 0.6) is 0 Å². The van der Waals surface area contributed by atoms with Gasteiger partial charge in [-0.25, -0.2) is 4.98 Å². The fraction of sp³-hybridized carbons (Fsp3) is 0.238. The first-order valence-electron chi connectivity index (χ1n) is 9.16. The maximum absolute atomic E-state index is 12.4. The third-order valence-corrected chi connectivity index (χ3v) is 5.67. The third-order valence-electron chi connectivity index (χ3n) is 4.73. The molecule has 1 aliphatic heterocycles. The van der Waals surface area contributed by atoms with Crippen LogP contribution in [0.3, 0.4) is 0 Å². The number of pyridine rings is 1. The van der Waals surface area contributed by atoms with E-state index in [4.69, 9.17) is 0 Å². The zero-order valence-electron chi connectivity index (χ0n) is 15.5. The van der Waals surface area contributed by atoms with Crippen molar-refractivity contribution in [3.63, 3.8) is 0 Å². The van der Waals surface area contributed by atoms with Crippen LogP contribution >= 0.6 is 11.3 Å². The Bertz CT molecular complexity index is 1020. The molecule has 0 radical (unpaired) electrons. The molecule has 0 saturated carbocycles. The molecule has 3 aromatic rings. The summed E-state index contributed by atoms with van der Waals surface area (Å²) in [6.07, 6.45) is 5.28. The number of fused-ring (bicyclic) bond motifs is 1. The standard InChI is InChI=1S/C21H20N4O2S/c1-14(26)25-11-8-15-2-3-17(12-19(15)25)23-20(27)5-4-18-13-28-21(24-18)16-6-9-22-10-7-16/h2-3,6-7,9-10,12-13H,4-5,8,11H2,1H3,(H,23,27). The smallest absolute Gasteiger partial charge is 0.224 e. The van der Waals surface area contributed by atoms with E-state index in [1.807, 2.05) is 35.7 Å². The van der Waals surface area contributed by atoms with Gasteiger partial charge < -0.3 is 10.2 Å². The van der Waals surface area contributed by atoms with Gasteiger partial charge in [0.25, 0.3) is 0 Å². The molecule has 0 aliphatic carbocycles. The number of carbonyl (C=O) groups is 2. The van der Waals surface area contributed by atoms with E-state index in [2.05, 4.69) is 15.3 Å². The van der Waals surface area contributed by atoms with E-state index in [1.165, 1.54) is 0 Å². The first kappa shape index (κ1) is 18.3. The molecule has 0 unspecified atom stereocenters. The van der Waals surface area contributed by atoms with E-state index in [1.54, 1.807) is 35.6 Å². The van der Waals surface area contributed by atoms with Crippen molar-refractivity contribution in [2.75, 3.05) is 16.8 Å². The van der Waals surface area contributed by atoms with Crippen molar-refractivity contribution in [2.24, 2.45) is 0 Å². The fourth-order valence-electron chi connectivity index (χ4n) is 3.30. The van der Waals surface area contributed by atoms with Crippen LogP contribution in [0.1, 0.15) is 24.6 Å². The van der Waals surface area contributed by atoms with Gasteiger partial charge in [0.1, 0.15) is 5.01 Å². The molecule has 142 valence electrons. The zero-order valence-corrected chi connectivity index (χ0v) is 16.3. The number of thiazole rings is 1. The second-order valence-electron chi connectivity index (χ2n) is 6.69. The Hall–Kier alpha value is -3.06. The average Bonchev–Trinajstić information content (AvgIpc) is 3.34. The number of benzene rings is 1. The second-order valence-corrected chi connectivity index (χ2v) is 7.55. The Balaban J connectivity index is 1.36. The Labute approximate surface area is 167 Å². The topological polar surface area (TPSA) is 75.2 Å². The summed E-state index contributed by atoms with van der Waals surface area (Å²) < 4.78 is 0. The molecule has 2 amide bonds. The van der Waals surface area contributed by atoms with Gasteiger partial charge in [0.2, 0.25) is 11.8 Å². The first-order chi connectivity index (χ1) is 13.6. The second kappa shape index (κ2) is 7.90.